The van der Waals surface area contributed by atoms with E-state index in [1.165, 1.54) is 12.5 Å². The summed E-state index contributed by atoms with van der Waals surface area (Å²) in [6, 6.07) is 1.80. The summed E-state index contributed by atoms with van der Waals surface area (Å²) in [5, 5.41) is 0. The van der Waals surface area contributed by atoms with Gasteiger partial charge in [-0.05, 0) is 12.5 Å². The summed E-state index contributed by atoms with van der Waals surface area (Å²) in [6.45, 7) is 1.51. The first-order valence-electron chi connectivity index (χ1n) is 7.10. The molecule has 0 aliphatic carbocycles. The number of rotatable bonds is 4. The highest BCUT2D eigenvalue weighted by Gasteiger charge is 2.31. The minimum atomic E-state index is -0.0355. The standard InChI is InChI=1S/C15H18N4O3/c1-18(15(20)11-4-8-22-10-11)12-3-7-19(9-12)13-14(21-2)17-6-5-16-13/h4-6,8,10,12H,3,7,9H2,1-2H3/t12-/m0/s1. The number of aromatic nitrogens is 2. The number of carbonyl (C=O) groups excluding carboxylic acids is 1. The molecule has 1 amide bonds. The normalized spacial score (nSPS) is 17.5. The van der Waals surface area contributed by atoms with Crippen LogP contribution in [0.3, 0.4) is 0 Å². The number of nitrogens with zero attached hydrogens (tertiary/aromatic N) is 4. The molecular weight excluding hydrogens is 284 g/mol. The van der Waals surface area contributed by atoms with E-state index in [1.54, 1.807) is 30.5 Å². The molecule has 7 heteroatoms. The Kier molecular flexibility index (Phi) is 3.95. The maximum atomic E-state index is 12.4. The molecule has 0 bridgehead atoms. The third kappa shape index (κ3) is 2.61. The third-order valence-corrected chi connectivity index (χ3v) is 3.94. The molecule has 1 aliphatic heterocycles. The number of likely N-dealkylation sites (N-methyl/N-ethyl adjacent to an activating group) is 1. The van der Waals surface area contributed by atoms with Gasteiger partial charge in [-0.15, -0.1) is 0 Å². The Morgan fingerprint density at radius 3 is 3.00 bits per heavy atom. The van der Waals surface area contributed by atoms with E-state index in [4.69, 9.17) is 9.15 Å². The van der Waals surface area contributed by atoms with E-state index in [0.29, 0.717) is 18.0 Å². The Bertz CT molecular complexity index is 644. The molecule has 2 aromatic heterocycles. The van der Waals surface area contributed by atoms with Gasteiger partial charge in [0, 0.05) is 32.5 Å². The van der Waals surface area contributed by atoms with E-state index in [2.05, 4.69) is 14.9 Å². The van der Waals surface area contributed by atoms with Gasteiger partial charge in [0.15, 0.2) is 5.82 Å². The summed E-state index contributed by atoms with van der Waals surface area (Å²) in [7, 11) is 3.40. The van der Waals surface area contributed by atoms with Crippen molar-refractivity contribution in [3.05, 3.63) is 36.5 Å². The second-order valence-electron chi connectivity index (χ2n) is 5.21. The molecule has 1 aliphatic rings. The van der Waals surface area contributed by atoms with Crippen molar-refractivity contribution in [2.45, 2.75) is 12.5 Å². The van der Waals surface area contributed by atoms with E-state index >= 15 is 0 Å². The van der Waals surface area contributed by atoms with Crippen LogP contribution >= 0.6 is 0 Å². The fourth-order valence-corrected chi connectivity index (χ4v) is 2.68. The first kappa shape index (κ1) is 14.4. The van der Waals surface area contributed by atoms with Crippen LogP contribution in [0.4, 0.5) is 5.82 Å². The molecule has 1 fully saturated rings. The smallest absolute Gasteiger partial charge is 0.257 e. The highest BCUT2D eigenvalue weighted by Crippen LogP contribution is 2.27. The summed E-state index contributed by atoms with van der Waals surface area (Å²) in [6.07, 6.45) is 7.10. The predicted molar refractivity (Wildman–Crippen MR) is 80.0 cm³/mol. The highest BCUT2D eigenvalue weighted by molar-refractivity contribution is 5.93. The quantitative estimate of drug-likeness (QED) is 0.851. The average Bonchev–Trinajstić information content (AvgIpc) is 3.24. The zero-order chi connectivity index (χ0) is 15.5. The Morgan fingerprint density at radius 2 is 2.27 bits per heavy atom. The van der Waals surface area contributed by atoms with Crippen molar-refractivity contribution in [3.8, 4) is 5.88 Å². The number of hydrogen-bond donors (Lipinski definition) is 0. The van der Waals surface area contributed by atoms with Crippen LogP contribution in [0.1, 0.15) is 16.8 Å². The van der Waals surface area contributed by atoms with Crippen LogP contribution < -0.4 is 9.64 Å². The molecule has 1 saturated heterocycles. The van der Waals surface area contributed by atoms with Crippen LogP contribution in [0, 0.1) is 0 Å². The van der Waals surface area contributed by atoms with Gasteiger partial charge in [-0.2, -0.15) is 0 Å². The number of anilines is 1. The largest absolute Gasteiger partial charge is 0.478 e. The second kappa shape index (κ2) is 6.05. The van der Waals surface area contributed by atoms with Crippen molar-refractivity contribution in [1.29, 1.82) is 0 Å². The number of methoxy groups -OCH3 is 1. The number of amides is 1. The molecule has 0 saturated carbocycles. The first-order valence-corrected chi connectivity index (χ1v) is 7.10. The molecule has 0 unspecified atom stereocenters. The molecule has 0 radical (unpaired) electrons. The van der Waals surface area contributed by atoms with Crippen molar-refractivity contribution in [2.75, 3.05) is 32.1 Å². The fraction of sp³-hybridized carbons (Fsp3) is 0.400. The predicted octanol–water partition coefficient (Wildman–Crippen LogP) is 1.43. The molecule has 2 aromatic rings. The minimum Gasteiger partial charge on any atom is -0.478 e. The molecular formula is C15H18N4O3. The second-order valence-corrected chi connectivity index (χ2v) is 5.21. The van der Waals surface area contributed by atoms with Crippen molar-refractivity contribution in [2.24, 2.45) is 0 Å². The van der Waals surface area contributed by atoms with Crippen molar-refractivity contribution in [1.82, 2.24) is 14.9 Å². The topological polar surface area (TPSA) is 71.7 Å². The Balaban J connectivity index is 1.71. The Labute approximate surface area is 128 Å². The van der Waals surface area contributed by atoms with Crippen LogP contribution in [0.25, 0.3) is 0 Å². The van der Waals surface area contributed by atoms with Gasteiger partial charge in [0.25, 0.3) is 11.8 Å². The average molecular weight is 302 g/mol. The molecule has 0 N–H and O–H groups in total. The minimum absolute atomic E-state index is 0.0355. The zero-order valence-electron chi connectivity index (χ0n) is 12.6. The number of hydrogen-bond acceptors (Lipinski definition) is 6. The van der Waals surface area contributed by atoms with Crippen LogP contribution in [0.15, 0.2) is 35.4 Å². The molecule has 116 valence electrons. The Morgan fingerprint density at radius 1 is 1.45 bits per heavy atom. The van der Waals surface area contributed by atoms with Gasteiger partial charge in [0.2, 0.25) is 0 Å². The van der Waals surface area contributed by atoms with Crippen molar-refractivity contribution >= 4 is 11.7 Å². The molecule has 0 aromatic carbocycles. The molecule has 3 heterocycles. The SMILES string of the molecule is COc1nccnc1N1CC[C@H](N(C)C(=O)c2ccoc2)C1. The van der Waals surface area contributed by atoms with Gasteiger partial charge in [-0.25, -0.2) is 9.97 Å². The van der Waals surface area contributed by atoms with Gasteiger partial charge in [0.1, 0.15) is 6.26 Å². The van der Waals surface area contributed by atoms with Crippen LogP contribution in [0.2, 0.25) is 0 Å². The van der Waals surface area contributed by atoms with Crippen LogP contribution in [-0.4, -0.2) is 54.1 Å². The number of furan rings is 1. The lowest BCUT2D eigenvalue weighted by Crippen LogP contribution is -2.39. The van der Waals surface area contributed by atoms with E-state index in [1.807, 2.05) is 7.05 Å². The highest BCUT2D eigenvalue weighted by atomic mass is 16.5. The van der Waals surface area contributed by atoms with Crippen LogP contribution in [-0.2, 0) is 0 Å². The molecule has 3 rings (SSSR count). The summed E-state index contributed by atoms with van der Waals surface area (Å²) in [4.78, 5) is 24.7. The summed E-state index contributed by atoms with van der Waals surface area (Å²) in [5.41, 5.74) is 0.568. The van der Waals surface area contributed by atoms with Gasteiger partial charge < -0.3 is 19.0 Å². The van der Waals surface area contributed by atoms with Gasteiger partial charge in [0.05, 0.1) is 25.0 Å². The lowest BCUT2D eigenvalue weighted by atomic mass is 10.2. The number of ether oxygens (including phenoxy) is 1. The van der Waals surface area contributed by atoms with Gasteiger partial charge in [-0.3, -0.25) is 4.79 Å². The summed E-state index contributed by atoms with van der Waals surface area (Å²) < 4.78 is 10.2. The Hall–Kier alpha value is -2.57. The lowest BCUT2D eigenvalue weighted by molar-refractivity contribution is 0.0744. The number of carbonyl (C=O) groups is 1. The fourth-order valence-electron chi connectivity index (χ4n) is 2.68. The van der Waals surface area contributed by atoms with Crippen LogP contribution in [0.5, 0.6) is 5.88 Å². The maximum absolute atomic E-state index is 12.4. The van der Waals surface area contributed by atoms with E-state index < -0.39 is 0 Å². The molecule has 7 nitrogen and oxygen atoms in total. The summed E-state index contributed by atoms with van der Waals surface area (Å²) in [5.74, 6) is 1.19. The van der Waals surface area contributed by atoms with E-state index in [9.17, 15) is 4.79 Å². The maximum Gasteiger partial charge on any atom is 0.257 e. The third-order valence-electron chi connectivity index (χ3n) is 3.94. The monoisotopic (exact) mass is 302 g/mol. The summed E-state index contributed by atoms with van der Waals surface area (Å²) >= 11 is 0. The molecule has 22 heavy (non-hydrogen) atoms. The van der Waals surface area contributed by atoms with Crippen molar-refractivity contribution in [3.63, 3.8) is 0 Å². The van der Waals surface area contributed by atoms with Crippen molar-refractivity contribution < 1.29 is 13.9 Å². The molecule has 0 spiro atoms. The molecule has 1 atom stereocenters. The van der Waals surface area contributed by atoms with E-state index in [0.717, 1.165) is 18.8 Å². The first-order chi connectivity index (χ1) is 10.7. The lowest BCUT2D eigenvalue weighted by Gasteiger charge is -2.25. The van der Waals surface area contributed by atoms with E-state index in [-0.39, 0.29) is 11.9 Å². The van der Waals surface area contributed by atoms with Gasteiger partial charge in [-0.1, -0.05) is 0 Å². The van der Waals surface area contributed by atoms with Gasteiger partial charge >= 0.3 is 0 Å². The zero-order valence-corrected chi connectivity index (χ0v) is 12.6.